The number of benzene rings is 2. The first-order valence-corrected chi connectivity index (χ1v) is 21.5. The van der Waals surface area contributed by atoms with E-state index in [9.17, 15) is 10.2 Å². The Bertz CT molecular complexity index is 1140. The van der Waals surface area contributed by atoms with Gasteiger partial charge in [0.1, 0.15) is 11.5 Å². The van der Waals surface area contributed by atoms with Crippen LogP contribution in [0, 0.1) is 0 Å². The second-order valence-corrected chi connectivity index (χ2v) is 22.2. The van der Waals surface area contributed by atoms with Crippen LogP contribution in [-0.4, -0.2) is 65.1 Å². The van der Waals surface area contributed by atoms with Gasteiger partial charge in [-0.1, -0.05) is 151 Å². The SMILES string of the molecule is CN(CCN(C)Cc1cc(C(C)(C)C)cc(C(C)(C)C)c1O)Cc1cc(C(C)(C)C)cc(C(C)(C)C)c1O.C[Si](C)[N-][Si](C)C.[Y]. The molecular formula is C38H68N3O2Si2Y-. The van der Waals surface area contributed by atoms with Gasteiger partial charge < -0.3 is 24.7 Å². The molecular weight excluding hydrogens is 676 g/mol. The van der Waals surface area contributed by atoms with Gasteiger partial charge >= 0.3 is 0 Å². The van der Waals surface area contributed by atoms with E-state index >= 15 is 0 Å². The number of phenolic OH excluding ortho intramolecular Hbond substituents is 2. The van der Waals surface area contributed by atoms with E-state index < -0.39 is 0 Å². The topological polar surface area (TPSA) is 61.0 Å². The molecule has 259 valence electrons. The van der Waals surface area contributed by atoms with Crippen molar-refractivity contribution in [3.63, 3.8) is 0 Å². The molecule has 0 saturated heterocycles. The van der Waals surface area contributed by atoms with E-state index in [0.29, 0.717) is 24.6 Å². The normalized spacial score (nSPS) is 12.9. The number of hydrogen-bond acceptors (Lipinski definition) is 4. The minimum absolute atomic E-state index is 0. The molecule has 8 heteroatoms. The maximum atomic E-state index is 11.2. The molecule has 0 saturated carbocycles. The summed E-state index contributed by atoms with van der Waals surface area (Å²) in [6.45, 7) is 38.3. The van der Waals surface area contributed by atoms with Gasteiger partial charge in [0.2, 0.25) is 0 Å². The van der Waals surface area contributed by atoms with Gasteiger partial charge in [-0.05, 0) is 58.0 Å². The molecule has 0 unspecified atom stereocenters. The smallest absolute Gasteiger partial charge is 0.123 e. The number of phenols is 2. The number of likely N-dealkylation sites (N-methyl/N-ethyl adjacent to an activating group) is 2. The molecule has 0 fully saturated rings. The van der Waals surface area contributed by atoms with Crippen molar-refractivity contribution >= 4 is 17.9 Å². The summed E-state index contributed by atoms with van der Waals surface area (Å²) in [7, 11) is 3.70. The molecule has 0 spiro atoms. The van der Waals surface area contributed by atoms with Crippen LogP contribution in [0.25, 0.3) is 4.65 Å². The third-order valence-electron chi connectivity index (χ3n) is 7.92. The molecule has 2 aromatic carbocycles. The molecule has 0 aliphatic carbocycles. The average molecular weight is 744 g/mol. The van der Waals surface area contributed by atoms with Crippen LogP contribution in [0.3, 0.4) is 0 Å². The third-order valence-corrected chi connectivity index (χ3v) is 11.5. The van der Waals surface area contributed by atoms with Crippen molar-refractivity contribution < 1.29 is 42.9 Å². The van der Waals surface area contributed by atoms with E-state index in [1.54, 1.807) is 0 Å². The molecule has 0 atom stereocenters. The Balaban J connectivity index is 0.00000226. The second kappa shape index (κ2) is 17.9. The van der Waals surface area contributed by atoms with E-state index in [2.05, 4.69) is 162 Å². The van der Waals surface area contributed by atoms with E-state index in [1.165, 1.54) is 11.1 Å². The van der Waals surface area contributed by atoms with Gasteiger partial charge in [0.15, 0.2) is 0 Å². The van der Waals surface area contributed by atoms with Crippen LogP contribution in [0.15, 0.2) is 24.3 Å². The first-order valence-electron chi connectivity index (χ1n) is 16.6. The van der Waals surface area contributed by atoms with Crippen LogP contribution in [-0.2, 0) is 67.5 Å². The van der Waals surface area contributed by atoms with Gasteiger partial charge in [0, 0.05) is 70.0 Å². The van der Waals surface area contributed by atoms with Crippen LogP contribution >= 0.6 is 0 Å². The van der Waals surface area contributed by atoms with E-state index in [-0.39, 0.29) is 72.3 Å². The maximum absolute atomic E-state index is 11.2. The Kier molecular flexibility index (Phi) is 17.7. The van der Waals surface area contributed by atoms with Gasteiger partial charge in [-0.3, -0.25) is 0 Å². The molecule has 46 heavy (non-hydrogen) atoms. The van der Waals surface area contributed by atoms with E-state index in [0.717, 1.165) is 35.3 Å². The third kappa shape index (κ3) is 14.9. The molecule has 0 aromatic heterocycles. The average Bonchev–Trinajstić information content (AvgIpc) is 2.82. The number of aromatic hydroxyl groups is 2. The Hall–Kier alpha value is -0.542. The van der Waals surface area contributed by atoms with Gasteiger partial charge in [-0.15, -0.1) is 0 Å². The molecule has 0 aliphatic rings. The molecule has 0 bridgehead atoms. The van der Waals surface area contributed by atoms with Gasteiger partial charge in [-0.25, -0.2) is 0 Å². The zero-order valence-corrected chi connectivity index (χ0v) is 37.8. The minimum atomic E-state index is -0.264. The van der Waals surface area contributed by atoms with Crippen molar-refractivity contribution in [2.75, 3.05) is 27.2 Å². The molecule has 2 rings (SSSR count). The Morgan fingerprint density at radius 2 is 0.826 bits per heavy atom. The largest absolute Gasteiger partial charge is 0.673 e. The van der Waals surface area contributed by atoms with Gasteiger partial charge in [0.25, 0.3) is 0 Å². The Morgan fingerprint density at radius 3 is 1.02 bits per heavy atom. The molecule has 5 nitrogen and oxygen atoms in total. The van der Waals surface area contributed by atoms with E-state index in [1.807, 2.05) is 0 Å². The van der Waals surface area contributed by atoms with Crippen molar-refractivity contribution in [2.24, 2.45) is 0 Å². The monoisotopic (exact) mass is 743 g/mol. The van der Waals surface area contributed by atoms with Crippen molar-refractivity contribution in [1.29, 1.82) is 0 Å². The van der Waals surface area contributed by atoms with Crippen molar-refractivity contribution in [1.82, 2.24) is 9.80 Å². The van der Waals surface area contributed by atoms with Crippen LogP contribution in [0.1, 0.15) is 116 Å². The van der Waals surface area contributed by atoms with Gasteiger partial charge in [-0.2, -0.15) is 0 Å². The first-order chi connectivity index (χ1) is 20.1. The van der Waals surface area contributed by atoms with Crippen LogP contribution in [0.2, 0.25) is 26.2 Å². The summed E-state index contributed by atoms with van der Waals surface area (Å²) >= 11 is 0. The number of hydrogen-bond donors (Lipinski definition) is 2. The minimum Gasteiger partial charge on any atom is -0.673 e. The second-order valence-electron chi connectivity index (χ2n) is 17.5. The maximum Gasteiger partial charge on any atom is 0.123 e. The zero-order chi connectivity index (χ0) is 35.3. The summed E-state index contributed by atoms with van der Waals surface area (Å²) in [5.74, 6) is 0.841. The fourth-order valence-corrected chi connectivity index (χ4v) is 8.75. The van der Waals surface area contributed by atoms with E-state index in [4.69, 9.17) is 0 Å². The molecule has 2 N–H and O–H groups in total. The van der Waals surface area contributed by atoms with Crippen molar-refractivity contribution in [3.8, 4) is 11.5 Å². The van der Waals surface area contributed by atoms with Crippen molar-refractivity contribution in [2.45, 2.75) is 144 Å². The van der Waals surface area contributed by atoms with Gasteiger partial charge in [0.05, 0.1) is 0 Å². The number of rotatable bonds is 9. The fraction of sp³-hybridized carbons (Fsp3) is 0.684. The predicted octanol–water partition coefficient (Wildman–Crippen LogP) is 9.71. The quantitative estimate of drug-likeness (QED) is 0.251. The summed E-state index contributed by atoms with van der Waals surface area (Å²) in [6, 6.07) is 8.71. The predicted molar refractivity (Wildman–Crippen MR) is 202 cm³/mol. The molecule has 3 radical (unpaired) electrons. The van der Waals surface area contributed by atoms with Crippen LogP contribution in [0.4, 0.5) is 0 Å². The first kappa shape index (κ1) is 45.5. The summed E-state index contributed by atoms with van der Waals surface area (Å²) in [6.07, 6.45) is 0. The molecule has 2 aromatic rings. The fourth-order valence-electron chi connectivity index (χ4n) is 5.17. The molecule has 0 amide bonds. The van der Waals surface area contributed by atoms with Crippen LogP contribution < -0.4 is 0 Å². The number of nitrogens with zero attached hydrogens (tertiary/aromatic N) is 3. The summed E-state index contributed by atoms with van der Waals surface area (Å²) in [5, 5.41) is 22.4. The van der Waals surface area contributed by atoms with Crippen molar-refractivity contribution in [3.05, 3.63) is 62.3 Å². The summed E-state index contributed by atoms with van der Waals surface area (Å²) in [5.41, 5.74) is 6.25. The Labute approximate surface area is 313 Å². The summed E-state index contributed by atoms with van der Waals surface area (Å²) < 4.78 is 4.48. The Morgan fingerprint density at radius 1 is 0.543 bits per heavy atom. The standard InChI is InChI=1S/C34H56N2O2.C4H12NSi2.Y/c1-31(2,3)25-17-23(29(37)27(19-25)33(7,8)9)21-35(13)15-16-36(14)22-24-18-26(32(4,5)6)20-28(30(24)38)34(10,11)12;1-6(2)5-7(3)4;/h17-20,37-38H,15-16,21-22H2,1-14H3;1-4H3;/q;-1;. The molecule has 0 heterocycles. The molecule has 0 aliphatic heterocycles. The van der Waals surface area contributed by atoms with Crippen LogP contribution in [0.5, 0.6) is 11.5 Å². The summed E-state index contributed by atoms with van der Waals surface area (Å²) in [4.78, 5) is 4.55. The zero-order valence-electron chi connectivity index (χ0n) is 33.0.